The molecule has 6 rings (SSSR count). The number of hydrogen-bond donors (Lipinski definition) is 2. The van der Waals surface area contributed by atoms with Crippen molar-refractivity contribution in [2.24, 2.45) is 11.1 Å². The van der Waals surface area contributed by atoms with Crippen molar-refractivity contribution in [2.45, 2.75) is 43.5 Å². The number of thioether (sulfide) groups is 1. The average molecular weight is 683 g/mol. The van der Waals surface area contributed by atoms with Gasteiger partial charge >= 0.3 is 17.9 Å². The van der Waals surface area contributed by atoms with E-state index in [1.54, 1.807) is 23.6 Å². The van der Waals surface area contributed by atoms with Gasteiger partial charge in [0.25, 0.3) is 0 Å². The standard InChI is InChI=1S/C28H29F3N6O5S3/c1-4-19(38)37-14(2)8-35(9-15(37)3)24-16-7-17(28(29,30)31)20(22-18(5-6-43-22)33-25(32)39)23-21(16)36(26(40)34-24)10-27(11-44-23)12-45(41,42)13-27/h4-7,14-15H,1,8-13H2,2-3H3,(H3,32,33,39)/t14-,15+. The monoisotopic (exact) mass is 682 g/mol. The summed E-state index contributed by atoms with van der Waals surface area (Å²) in [6.45, 7) is 7.51. The van der Waals surface area contributed by atoms with E-state index in [2.05, 4.69) is 16.9 Å². The molecule has 1 aromatic carbocycles. The molecule has 5 heterocycles. The highest BCUT2D eigenvalue weighted by Crippen LogP contribution is 2.53. The normalized spacial score (nSPS) is 22.2. The van der Waals surface area contributed by atoms with Gasteiger partial charge in [-0.25, -0.2) is 18.0 Å². The number of anilines is 2. The lowest BCUT2D eigenvalue weighted by atomic mass is 9.94. The maximum Gasteiger partial charge on any atom is 0.417 e. The fraction of sp³-hybridized carbons (Fsp3) is 0.429. The van der Waals surface area contributed by atoms with Crippen LogP contribution in [0.5, 0.6) is 0 Å². The van der Waals surface area contributed by atoms with Crippen LogP contribution in [0.4, 0.5) is 29.5 Å². The molecule has 0 radical (unpaired) electrons. The second-order valence-corrected chi connectivity index (χ2v) is 15.8. The first-order valence-corrected chi connectivity index (χ1v) is 17.6. The molecule has 240 valence electrons. The van der Waals surface area contributed by atoms with Crippen molar-refractivity contribution in [3.8, 4) is 10.4 Å². The molecule has 3 aliphatic rings. The van der Waals surface area contributed by atoms with E-state index in [-0.39, 0.29) is 92.6 Å². The number of alkyl halides is 3. The molecule has 1 spiro atoms. The van der Waals surface area contributed by atoms with Gasteiger partial charge in [-0.2, -0.15) is 18.2 Å². The molecular weight excluding hydrogens is 654 g/mol. The maximum atomic E-state index is 15.0. The molecule has 2 saturated heterocycles. The van der Waals surface area contributed by atoms with Gasteiger partial charge in [0, 0.05) is 58.7 Å². The first-order valence-electron chi connectivity index (χ1n) is 13.9. The summed E-state index contributed by atoms with van der Waals surface area (Å²) in [7, 11) is -3.37. The number of sulfone groups is 1. The molecular formula is C28H29F3N6O5S3. The number of rotatable bonds is 4. The molecule has 0 aliphatic carbocycles. The van der Waals surface area contributed by atoms with E-state index < -0.39 is 38.7 Å². The van der Waals surface area contributed by atoms with Crippen molar-refractivity contribution >= 4 is 67.3 Å². The molecule has 11 nitrogen and oxygen atoms in total. The van der Waals surface area contributed by atoms with Gasteiger partial charge in [0.15, 0.2) is 9.84 Å². The minimum absolute atomic E-state index is 0.0368. The van der Waals surface area contributed by atoms with Crippen molar-refractivity contribution in [2.75, 3.05) is 40.6 Å². The Hall–Kier alpha value is -3.57. The third kappa shape index (κ3) is 5.37. The number of thiophene rings is 1. The third-order valence-corrected chi connectivity index (χ3v) is 12.8. The van der Waals surface area contributed by atoms with Crippen molar-refractivity contribution in [1.82, 2.24) is 14.5 Å². The number of piperazine rings is 1. The Balaban J connectivity index is 1.64. The zero-order valence-electron chi connectivity index (χ0n) is 24.2. The summed E-state index contributed by atoms with van der Waals surface area (Å²) < 4.78 is 71.1. The maximum absolute atomic E-state index is 15.0. The molecule has 2 fully saturated rings. The molecule has 3 N–H and O–H groups in total. The van der Waals surface area contributed by atoms with Crippen LogP contribution >= 0.6 is 23.1 Å². The fourth-order valence-corrected chi connectivity index (χ4v) is 11.7. The molecule has 0 bridgehead atoms. The summed E-state index contributed by atoms with van der Waals surface area (Å²) in [5.74, 6) is -0.506. The smallest absolute Gasteiger partial charge is 0.352 e. The number of nitrogens with one attached hydrogen (secondary N) is 1. The van der Waals surface area contributed by atoms with Gasteiger partial charge in [-0.05, 0) is 37.4 Å². The van der Waals surface area contributed by atoms with Crippen molar-refractivity contribution < 1.29 is 31.2 Å². The van der Waals surface area contributed by atoms with E-state index in [1.807, 2.05) is 0 Å². The van der Waals surface area contributed by atoms with Crippen molar-refractivity contribution in [1.29, 1.82) is 0 Å². The SMILES string of the molecule is C=CC(=O)N1[C@H](C)CN(c2nc(=O)n3c4c(c(-c5sccc5NC(N)=O)c(C(F)(F)F)cc24)SCC2(C3)CS(=O)(=O)C2)C[C@@H]1C. The topological polar surface area (TPSA) is 148 Å². The highest BCUT2D eigenvalue weighted by atomic mass is 32.2. The molecule has 45 heavy (non-hydrogen) atoms. The van der Waals surface area contributed by atoms with Crippen LogP contribution in [0, 0.1) is 5.41 Å². The number of amides is 3. The molecule has 2 atom stereocenters. The number of urea groups is 1. The van der Waals surface area contributed by atoms with Gasteiger partial charge in [0.2, 0.25) is 5.91 Å². The quantitative estimate of drug-likeness (QED) is 0.396. The highest BCUT2D eigenvalue weighted by Gasteiger charge is 2.51. The van der Waals surface area contributed by atoms with Gasteiger partial charge < -0.3 is 20.9 Å². The Morgan fingerprint density at radius 1 is 1.22 bits per heavy atom. The number of hydrogen-bond acceptors (Lipinski definition) is 9. The van der Waals surface area contributed by atoms with Gasteiger partial charge in [-0.3, -0.25) is 9.36 Å². The zero-order chi connectivity index (χ0) is 32.6. The Morgan fingerprint density at radius 3 is 2.47 bits per heavy atom. The van der Waals surface area contributed by atoms with E-state index >= 15 is 13.2 Å². The van der Waals surface area contributed by atoms with Crippen molar-refractivity contribution in [3.05, 3.63) is 46.2 Å². The lowest BCUT2D eigenvalue weighted by Gasteiger charge is -2.44. The summed E-state index contributed by atoms with van der Waals surface area (Å²) in [5.41, 5.74) is 2.79. The van der Waals surface area contributed by atoms with E-state index in [9.17, 15) is 22.8 Å². The summed E-state index contributed by atoms with van der Waals surface area (Å²) in [4.78, 5) is 46.0. The van der Waals surface area contributed by atoms with Crippen LogP contribution in [0.1, 0.15) is 19.4 Å². The van der Waals surface area contributed by atoms with Gasteiger partial charge in [-0.1, -0.05) is 6.58 Å². The number of nitrogens with two attached hydrogens (primary N) is 1. The Kier molecular flexibility index (Phi) is 7.51. The average Bonchev–Trinajstić information content (AvgIpc) is 3.29. The lowest BCUT2D eigenvalue weighted by Crippen LogP contribution is -2.59. The van der Waals surface area contributed by atoms with Crippen LogP contribution < -0.4 is 21.6 Å². The Bertz CT molecular complexity index is 1920. The highest BCUT2D eigenvalue weighted by molar-refractivity contribution is 8.00. The van der Waals surface area contributed by atoms with E-state index in [4.69, 9.17) is 5.73 Å². The molecule has 17 heteroatoms. The Morgan fingerprint density at radius 2 is 1.89 bits per heavy atom. The molecule has 3 aliphatic heterocycles. The van der Waals surface area contributed by atoms with Crippen molar-refractivity contribution in [3.63, 3.8) is 0 Å². The molecule has 3 amide bonds. The lowest BCUT2D eigenvalue weighted by molar-refractivity contribution is -0.137. The first-order chi connectivity index (χ1) is 21.0. The zero-order valence-corrected chi connectivity index (χ0v) is 26.6. The van der Waals surface area contributed by atoms with Gasteiger partial charge in [-0.15, -0.1) is 23.1 Å². The number of carbonyl (C=O) groups is 2. The number of aromatic nitrogens is 2. The summed E-state index contributed by atoms with van der Waals surface area (Å²) in [5, 5.41) is 4.00. The number of benzene rings is 1. The minimum Gasteiger partial charge on any atom is -0.352 e. The summed E-state index contributed by atoms with van der Waals surface area (Å²) in [6.07, 6.45) is -3.66. The molecule has 0 saturated carbocycles. The van der Waals surface area contributed by atoms with E-state index in [1.165, 1.54) is 22.1 Å². The van der Waals surface area contributed by atoms with Crippen LogP contribution in [0.3, 0.4) is 0 Å². The number of nitrogens with zero attached hydrogens (tertiary/aromatic N) is 4. The number of carbonyl (C=O) groups excluding carboxylic acids is 2. The minimum atomic E-state index is -4.87. The Labute approximate surface area is 264 Å². The first kappa shape index (κ1) is 31.4. The van der Waals surface area contributed by atoms with Crippen LogP contribution in [0.2, 0.25) is 0 Å². The predicted octanol–water partition coefficient (Wildman–Crippen LogP) is 3.77. The number of primary amides is 1. The summed E-state index contributed by atoms with van der Waals surface area (Å²) in [6, 6.07) is 0.721. The van der Waals surface area contributed by atoms with Crippen LogP contribution in [-0.4, -0.2) is 77.2 Å². The molecule has 0 unspecified atom stereocenters. The second-order valence-electron chi connectivity index (χ2n) is 11.9. The van der Waals surface area contributed by atoms with E-state index in [0.717, 1.165) is 29.2 Å². The van der Waals surface area contributed by atoms with E-state index in [0.29, 0.717) is 0 Å². The largest absolute Gasteiger partial charge is 0.417 e. The predicted molar refractivity (Wildman–Crippen MR) is 168 cm³/mol. The van der Waals surface area contributed by atoms with Crippen LogP contribution in [0.15, 0.2) is 39.9 Å². The van der Waals surface area contributed by atoms with Gasteiger partial charge in [0.05, 0.1) is 33.2 Å². The number of halogens is 3. The van der Waals surface area contributed by atoms with Crippen LogP contribution in [-0.2, 0) is 27.4 Å². The second kappa shape index (κ2) is 10.8. The van der Waals surface area contributed by atoms with Gasteiger partial charge in [0.1, 0.15) is 5.82 Å². The fourth-order valence-electron chi connectivity index (χ4n) is 6.81. The summed E-state index contributed by atoms with van der Waals surface area (Å²) >= 11 is 2.04. The third-order valence-electron chi connectivity index (χ3n) is 8.37. The molecule has 3 aromatic rings. The van der Waals surface area contributed by atoms with Crippen LogP contribution in [0.25, 0.3) is 21.3 Å². The molecule has 2 aromatic heterocycles.